The van der Waals surface area contributed by atoms with E-state index in [4.69, 9.17) is 9.73 Å². The summed E-state index contributed by atoms with van der Waals surface area (Å²) in [6.45, 7) is 0.845. The van der Waals surface area contributed by atoms with Crippen LogP contribution in [0, 0.1) is 0 Å². The first-order valence-electron chi connectivity index (χ1n) is 5.88. The second kappa shape index (κ2) is 4.44. The molecule has 0 aliphatic carbocycles. The molecule has 0 spiro atoms. The molecular weight excluding hydrogens is 234 g/mol. The first kappa shape index (κ1) is 11.3. The fourth-order valence-electron chi connectivity index (χ4n) is 2.33. The quantitative estimate of drug-likeness (QED) is 0.872. The molecule has 2 unspecified atom stereocenters. The normalized spacial score (nSPS) is 32.1. The summed E-state index contributed by atoms with van der Waals surface area (Å²) in [7, 11) is 0. The molecule has 3 nitrogen and oxygen atoms in total. The maximum absolute atomic E-state index is 9.62. The number of fused-ring (bicyclic) bond motifs is 1. The Bertz CT molecular complexity index is 434. The van der Waals surface area contributed by atoms with Gasteiger partial charge < -0.3 is 9.84 Å². The SMILES string of the molecule is OCC12CCCOC1SC(c1ccccc1)=N2. The smallest absolute Gasteiger partial charge is 0.136 e. The van der Waals surface area contributed by atoms with Crippen LogP contribution in [0.5, 0.6) is 0 Å². The Morgan fingerprint density at radius 1 is 1.41 bits per heavy atom. The summed E-state index contributed by atoms with van der Waals surface area (Å²) in [5, 5.41) is 10.6. The van der Waals surface area contributed by atoms with Crippen molar-refractivity contribution in [2.45, 2.75) is 23.8 Å². The van der Waals surface area contributed by atoms with Crippen LogP contribution in [0.3, 0.4) is 0 Å². The van der Waals surface area contributed by atoms with Gasteiger partial charge in [0, 0.05) is 12.2 Å². The van der Waals surface area contributed by atoms with Gasteiger partial charge in [0.15, 0.2) is 0 Å². The molecule has 1 fully saturated rings. The lowest BCUT2D eigenvalue weighted by Gasteiger charge is -2.34. The molecule has 0 amide bonds. The highest BCUT2D eigenvalue weighted by Gasteiger charge is 2.47. The molecule has 3 rings (SSSR count). The maximum Gasteiger partial charge on any atom is 0.136 e. The van der Waals surface area contributed by atoms with E-state index < -0.39 is 5.54 Å². The van der Waals surface area contributed by atoms with E-state index in [0.717, 1.165) is 30.1 Å². The van der Waals surface area contributed by atoms with E-state index >= 15 is 0 Å². The highest BCUT2D eigenvalue weighted by molar-refractivity contribution is 8.15. The summed E-state index contributed by atoms with van der Waals surface area (Å²) < 4.78 is 5.74. The molecule has 0 aromatic heterocycles. The van der Waals surface area contributed by atoms with E-state index in [-0.39, 0.29) is 12.0 Å². The Hall–Kier alpha value is -0.840. The van der Waals surface area contributed by atoms with E-state index in [0.29, 0.717) is 0 Å². The van der Waals surface area contributed by atoms with E-state index in [1.54, 1.807) is 11.8 Å². The number of hydrogen-bond acceptors (Lipinski definition) is 4. The minimum absolute atomic E-state index is 0.0172. The fraction of sp³-hybridized carbons (Fsp3) is 0.462. The highest BCUT2D eigenvalue weighted by atomic mass is 32.2. The number of benzene rings is 1. The standard InChI is InChI=1S/C13H15NO2S/c15-9-13-7-4-8-16-12(13)17-11(14-13)10-5-2-1-3-6-10/h1-3,5-6,12,15H,4,7-9H2. The van der Waals surface area contributed by atoms with Crippen molar-refractivity contribution >= 4 is 16.8 Å². The van der Waals surface area contributed by atoms with Crippen molar-refractivity contribution in [2.24, 2.45) is 4.99 Å². The van der Waals surface area contributed by atoms with Gasteiger partial charge in [0.05, 0.1) is 6.61 Å². The third kappa shape index (κ3) is 1.90. The summed E-state index contributed by atoms with van der Waals surface area (Å²) >= 11 is 1.64. The zero-order valence-electron chi connectivity index (χ0n) is 9.50. The van der Waals surface area contributed by atoms with E-state index in [1.807, 2.05) is 30.3 Å². The van der Waals surface area contributed by atoms with Gasteiger partial charge in [0.1, 0.15) is 16.0 Å². The Balaban J connectivity index is 1.94. The topological polar surface area (TPSA) is 41.8 Å². The highest BCUT2D eigenvalue weighted by Crippen LogP contribution is 2.43. The number of hydrogen-bond donors (Lipinski definition) is 1. The molecule has 0 radical (unpaired) electrons. The van der Waals surface area contributed by atoms with Gasteiger partial charge in [-0.2, -0.15) is 0 Å². The molecule has 17 heavy (non-hydrogen) atoms. The largest absolute Gasteiger partial charge is 0.394 e. The molecule has 2 aliphatic heterocycles. The summed E-state index contributed by atoms with van der Waals surface area (Å²) in [5.74, 6) is 0. The first-order valence-corrected chi connectivity index (χ1v) is 6.76. The average molecular weight is 249 g/mol. The minimum Gasteiger partial charge on any atom is -0.394 e. The summed E-state index contributed by atoms with van der Waals surface area (Å²) in [6, 6.07) is 10.1. The van der Waals surface area contributed by atoms with Crippen LogP contribution in [0.4, 0.5) is 0 Å². The van der Waals surface area contributed by atoms with Crippen LogP contribution >= 0.6 is 11.8 Å². The lowest BCUT2D eigenvalue weighted by Crippen LogP contribution is -2.44. The Labute approximate surface area is 105 Å². The van der Waals surface area contributed by atoms with Crippen molar-refractivity contribution in [1.29, 1.82) is 0 Å². The number of aliphatic imine (C=N–C) groups is 1. The van der Waals surface area contributed by atoms with Gasteiger partial charge in [-0.15, -0.1) is 0 Å². The Morgan fingerprint density at radius 2 is 2.24 bits per heavy atom. The molecule has 1 aromatic carbocycles. The summed E-state index contributed by atoms with van der Waals surface area (Å²) in [5.41, 5.74) is 0.688. The van der Waals surface area contributed by atoms with Gasteiger partial charge in [-0.3, -0.25) is 4.99 Å². The molecule has 1 aromatic rings. The van der Waals surface area contributed by atoms with Crippen LogP contribution in [0.15, 0.2) is 35.3 Å². The molecule has 2 heterocycles. The van der Waals surface area contributed by atoms with Crippen molar-refractivity contribution in [1.82, 2.24) is 0 Å². The minimum atomic E-state index is -0.409. The summed E-state index contributed by atoms with van der Waals surface area (Å²) in [6.07, 6.45) is 1.89. The van der Waals surface area contributed by atoms with Crippen LogP contribution in [-0.2, 0) is 4.74 Å². The Kier molecular flexibility index (Phi) is 2.94. The predicted molar refractivity (Wildman–Crippen MR) is 69.4 cm³/mol. The van der Waals surface area contributed by atoms with E-state index in [2.05, 4.69) is 0 Å². The van der Waals surface area contributed by atoms with Gasteiger partial charge in [0.2, 0.25) is 0 Å². The zero-order chi connectivity index (χ0) is 11.7. The monoisotopic (exact) mass is 249 g/mol. The van der Waals surface area contributed by atoms with Crippen LogP contribution in [0.2, 0.25) is 0 Å². The van der Waals surface area contributed by atoms with Gasteiger partial charge in [-0.1, -0.05) is 42.1 Å². The van der Waals surface area contributed by atoms with Crippen molar-refractivity contribution in [2.75, 3.05) is 13.2 Å². The number of rotatable bonds is 2. The average Bonchev–Trinajstić information content (AvgIpc) is 2.80. The number of thioether (sulfide) groups is 1. The Morgan fingerprint density at radius 3 is 2.94 bits per heavy atom. The lowest BCUT2D eigenvalue weighted by molar-refractivity contribution is -0.00542. The fourth-order valence-corrected chi connectivity index (χ4v) is 3.66. The zero-order valence-corrected chi connectivity index (χ0v) is 10.3. The molecule has 90 valence electrons. The number of ether oxygens (including phenoxy) is 1. The molecule has 0 bridgehead atoms. The van der Waals surface area contributed by atoms with Gasteiger partial charge in [-0.25, -0.2) is 0 Å². The van der Waals surface area contributed by atoms with E-state index in [1.165, 1.54) is 0 Å². The number of nitrogens with zero attached hydrogens (tertiary/aromatic N) is 1. The molecule has 2 aliphatic rings. The molecular formula is C13H15NO2S. The molecule has 1 saturated heterocycles. The maximum atomic E-state index is 9.62. The van der Waals surface area contributed by atoms with Crippen molar-refractivity contribution in [3.8, 4) is 0 Å². The lowest BCUT2D eigenvalue weighted by atomic mass is 9.94. The molecule has 2 atom stereocenters. The second-order valence-corrected chi connectivity index (χ2v) is 5.52. The molecule has 1 N–H and O–H groups in total. The molecule has 4 heteroatoms. The predicted octanol–water partition coefficient (Wildman–Crippen LogP) is 2.05. The third-order valence-electron chi connectivity index (χ3n) is 3.30. The van der Waals surface area contributed by atoms with Gasteiger partial charge >= 0.3 is 0 Å². The van der Waals surface area contributed by atoms with Crippen LogP contribution < -0.4 is 0 Å². The van der Waals surface area contributed by atoms with Crippen molar-refractivity contribution < 1.29 is 9.84 Å². The number of aliphatic hydroxyl groups is 1. The van der Waals surface area contributed by atoms with Crippen LogP contribution in [-0.4, -0.2) is 34.3 Å². The number of aliphatic hydroxyl groups excluding tert-OH is 1. The van der Waals surface area contributed by atoms with Gasteiger partial charge in [0.25, 0.3) is 0 Å². The van der Waals surface area contributed by atoms with Gasteiger partial charge in [-0.05, 0) is 12.8 Å². The molecule has 0 saturated carbocycles. The van der Waals surface area contributed by atoms with Crippen LogP contribution in [0.25, 0.3) is 0 Å². The van der Waals surface area contributed by atoms with Crippen molar-refractivity contribution in [3.63, 3.8) is 0 Å². The third-order valence-corrected chi connectivity index (χ3v) is 4.64. The second-order valence-electron chi connectivity index (χ2n) is 4.47. The summed E-state index contributed by atoms with van der Waals surface area (Å²) in [4.78, 5) is 4.73. The van der Waals surface area contributed by atoms with Crippen molar-refractivity contribution in [3.05, 3.63) is 35.9 Å². The van der Waals surface area contributed by atoms with Crippen LogP contribution in [0.1, 0.15) is 18.4 Å². The first-order chi connectivity index (χ1) is 8.34. The van der Waals surface area contributed by atoms with E-state index in [9.17, 15) is 5.11 Å².